The van der Waals surface area contributed by atoms with Crippen LogP contribution >= 0.6 is 0 Å². The summed E-state index contributed by atoms with van der Waals surface area (Å²) in [5, 5.41) is 0. The second-order valence-electron chi connectivity index (χ2n) is 4.28. The Bertz CT molecular complexity index is 674. The number of anilines is 1. The lowest BCUT2D eigenvalue weighted by Crippen LogP contribution is -2.06. The van der Waals surface area contributed by atoms with Crippen molar-refractivity contribution in [2.75, 3.05) is 12.8 Å². The Balaban J connectivity index is 2.04. The number of hydrogen-bond donors (Lipinski definition) is 1. The number of methoxy groups -OCH3 is 1. The maximum absolute atomic E-state index is 13.0. The van der Waals surface area contributed by atoms with Gasteiger partial charge in [0.05, 0.1) is 18.4 Å². The topological polar surface area (TPSA) is 61.5 Å². The van der Waals surface area contributed by atoms with Crippen LogP contribution in [0.25, 0.3) is 0 Å². The van der Waals surface area contributed by atoms with Crippen molar-refractivity contribution in [3.8, 4) is 5.75 Å². The first-order chi connectivity index (χ1) is 10.0. The van der Waals surface area contributed by atoms with Gasteiger partial charge in [-0.2, -0.15) is 0 Å². The monoisotopic (exact) mass is 293 g/mol. The minimum Gasteiger partial charge on any atom is -0.495 e. The van der Waals surface area contributed by atoms with Gasteiger partial charge in [-0.05, 0) is 35.9 Å². The van der Waals surface area contributed by atoms with Crippen LogP contribution in [-0.2, 0) is 11.3 Å². The Labute approximate surface area is 120 Å². The Morgan fingerprint density at radius 2 is 1.90 bits per heavy atom. The second-order valence-corrected chi connectivity index (χ2v) is 4.28. The van der Waals surface area contributed by atoms with E-state index in [0.717, 1.165) is 12.1 Å². The highest BCUT2D eigenvalue weighted by Gasteiger charge is 2.11. The number of halogens is 2. The predicted octanol–water partition coefficient (Wildman–Crippen LogP) is 2.91. The van der Waals surface area contributed by atoms with E-state index in [4.69, 9.17) is 15.2 Å². The Morgan fingerprint density at radius 3 is 2.52 bits per heavy atom. The normalized spacial score (nSPS) is 10.2. The molecule has 0 aliphatic heterocycles. The molecule has 0 aliphatic carbocycles. The molecule has 6 heteroatoms. The smallest absolute Gasteiger partial charge is 0.338 e. The van der Waals surface area contributed by atoms with Gasteiger partial charge in [-0.25, -0.2) is 13.6 Å². The molecule has 0 aliphatic rings. The summed E-state index contributed by atoms with van der Waals surface area (Å²) in [5.41, 5.74) is 6.59. The fourth-order valence-electron chi connectivity index (χ4n) is 1.72. The average molecular weight is 293 g/mol. The Hall–Kier alpha value is -2.63. The highest BCUT2D eigenvalue weighted by Crippen LogP contribution is 2.22. The summed E-state index contributed by atoms with van der Waals surface area (Å²) in [5.74, 6) is -2.11. The predicted molar refractivity (Wildman–Crippen MR) is 72.9 cm³/mol. The average Bonchev–Trinajstić information content (AvgIpc) is 2.48. The molecule has 2 aromatic rings. The van der Waals surface area contributed by atoms with E-state index in [1.807, 2.05) is 0 Å². The summed E-state index contributed by atoms with van der Waals surface area (Å²) in [6.45, 7) is -0.165. The van der Waals surface area contributed by atoms with Gasteiger partial charge in [-0.3, -0.25) is 0 Å². The van der Waals surface area contributed by atoms with E-state index in [9.17, 15) is 13.6 Å². The van der Waals surface area contributed by atoms with Gasteiger partial charge < -0.3 is 15.2 Å². The zero-order valence-corrected chi connectivity index (χ0v) is 11.2. The molecule has 0 fully saturated rings. The maximum atomic E-state index is 13.0. The summed E-state index contributed by atoms with van der Waals surface area (Å²) in [6, 6.07) is 7.77. The van der Waals surface area contributed by atoms with Crippen LogP contribution in [-0.4, -0.2) is 13.1 Å². The molecule has 0 bridgehead atoms. The van der Waals surface area contributed by atoms with Crippen molar-refractivity contribution < 1.29 is 23.0 Å². The quantitative estimate of drug-likeness (QED) is 0.695. The van der Waals surface area contributed by atoms with E-state index in [1.54, 1.807) is 6.07 Å². The molecule has 0 unspecified atom stereocenters. The van der Waals surface area contributed by atoms with Crippen LogP contribution in [0.3, 0.4) is 0 Å². The highest BCUT2D eigenvalue weighted by molar-refractivity contribution is 5.91. The molecule has 0 atom stereocenters. The molecule has 0 saturated carbocycles. The van der Waals surface area contributed by atoms with E-state index in [0.29, 0.717) is 17.0 Å². The van der Waals surface area contributed by atoms with E-state index >= 15 is 0 Å². The number of hydrogen-bond acceptors (Lipinski definition) is 4. The molecule has 4 nitrogen and oxygen atoms in total. The molecular weight excluding hydrogens is 280 g/mol. The third-order valence-corrected chi connectivity index (χ3v) is 2.82. The maximum Gasteiger partial charge on any atom is 0.338 e. The zero-order chi connectivity index (χ0) is 15.4. The van der Waals surface area contributed by atoms with Crippen molar-refractivity contribution >= 4 is 11.7 Å². The van der Waals surface area contributed by atoms with Crippen LogP contribution in [0.5, 0.6) is 5.75 Å². The fourth-order valence-corrected chi connectivity index (χ4v) is 1.72. The van der Waals surface area contributed by atoms with Gasteiger partial charge in [0.25, 0.3) is 0 Å². The molecule has 0 heterocycles. The lowest BCUT2D eigenvalue weighted by molar-refractivity contribution is 0.0472. The molecule has 0 aromatic heterocycles. The number of ether oxygens (including phenoxy) is 2. The number of carbonyl (C=O) groups is 1. The standard InChI is InChI=1S/C15H13F2NO3/c1-20-14-5-3-10(7-13(14)18)15(19)21-8-9-2-4-11(16)12(17)6-9/h2-7H,8,18H2,1H3. The van der Waals surface area contributed by atoms with Crippen LogP contribution in [0.1, 0.15) is 15.9 Å². The molecule has 0 amide bonds. The van der Waals surface area contributed by atoms with E-state index in [2.05, 4.69) is 0 Å². The van der Waals surface area contributed by atoms with Gasteiger partial charge in [0.1, 0.15) is 12.4 Å². The number of rotatable bonds is 4. The van der Waals surface area contributed by atoms with Crippen molar-refractivity contribution in [2.24, 2.45) is 0 Å². The second kappa shape index (κ2) is 6.21. The molecule has 0 radical (unpaired) electrons. The van der Waals surface area contributed by atoms with Gasteiger partial charge in [-0.15, -0.1) is 0 Å². The summed E-state index contributed by atoms with van der Waals surface area (Å²) in [4.78, 5) is 11.8. The molecule has 110 valence electrons. The lowest BCUT2D eigenvalue weighted by Gasteiger charge is -2.08. The molecular formula is C15H13F2NO3. The summed E-state index contributed by atoms with van der Waals surface area (Å²) in [6.07, 6.45) is 0. The molecule has 0 spiro atoms. The molecule has 2 aromatic carbocycles. The van der Waals surface area contributed by atoms with Gasteiger partial charge in [0.2, 0.25) is 0 Å². The van der Waals surface area contributed by atoms with Gasteiger partial charge >= 0.3 is 5.97 Å². The third kappa shape index (κ3) is 3.47. The van der Waals surface area contributed by atoms with Gasteiger partial charge in [0.15, 0.2) is 11.6 Å². The molecule has 0 saturated heterocycles. The third-order valence-electron chi connectivity index (χ3n) is 2.82. The minimum atomic E-state index is -0.989. The van der Waals surface area contributed by atoms with E-state index in [-0.39, 0.29) is 12.2 Å². The van der Waals surface area contributed by atoms with Crippen molar-refractivity contribution in [3.63, 3.8) is 0 Å². The first kappa shape index (κ1) is 14.8. The Kier molecular flexibility index (Phi) is 4.37. The number of nitrogen functional groups attached to an aromatic ring is 1. The van der Waals surface area contributed by atoms with E-state index < -0.39 is 17.6 Å². The number of nitrogens with two attached hydrogens (primary N) is 1. The number of esters is 1. The van der Waals surface area contributed by atoms with Gasteiger partial charge in [-0.1, -0.05) is 6.07 Å². The molecule has 2 N–H and O–H groups in total. The van der Waals surface area contributed by atoms with Crippen LogP contribution in [0.4, 0.5) is 14.5 Å². The van der Waals surface area contributed by atoms with Crippen molar-refractivity contribution in [1.29, 1.82) is 0 Å². The Morgan fingerprint density at radius 1 is 1.14 bits per heavy atom. The van der Waals surface area contributed by atoms with Crippen LogP contribution in [0.15, 0.2) is 36.4 Å². The zero-order valence-electron chi connectivity index (χ0n) is 11.2. The van der Waals surface area contributed by atoms with Crippen molar-refractivity contribution in [1.82, 2.24) is 0 Å². The fraction of sp³-hybridized carbons (Fsp3) is 0.133. The lowest BCUT2D eigenvalue weighted by atomic mass is 10.2. The molecule has 2 rings (SSSR count). The number of carbonyl (C=O) groups excluding carboxylic acids is 1. The van der Waals surface area contributed by atoms with Crippen LogP contribution in [0, 0.1) is 11.6 Å². The minimum absolute atomic E-state index is 0.165. The first-order valence-corrected chi connectivity index (χ1v) is 6.06. The van der Waals surface area contributed by atoms with Crippen molar-refractivity contribution in [3.05, 3.63) is 59.2 Å². The number of benzene rings is 2. The summed E-state index contributed by atoms with van der Waals surface area (Å²) in [7, 11) is 1.47. The first-order valence-electron chi connectivity index (χ1n) is 6.06. The summed E-state index contributed by atoms with van der Waals surface area (Å²) < 4.78 is 35.8. The van der Waals surface area contributed by atoms with Crippen LogP contribution in [0.2, 0.25) is 0 Å². The van der Waals surface area contributed by atoms with Crippen molar-refractivity contribution in [2.45, 2.75) is 6.61 Å². The van der Waals surface area contributed by atoms with Crippen LogP contribution < -0.4 is 10.5 Å². The SMILES string of the molecule is COc1ccc(C(=O)OCc2ccc(F)c(F)c2)cc1N. The summed E-state index contributed by atoms with van der Waals surface area (Å²) >= 11 is 0. The van der Waals surface area contributed by atoms with E-state index in [1.165, 1.54) is 25.3 Å². The highest BCUT2D eigenvalue weighted by atomic mass is 19.2. The largest absolute Gasteiger partial charge is 0.495 e. The molecule has 21 heavy (non-hydrogen) atoms. The van der Waals surface area contributed by atoms with Gasteiger partial charge in [0, 0.05) is 0 Å².